The van der Waals surface area contributed by atoms with Gasteiger partial charge in [-0.25, -0.2) is 0 Å². The molecule has 0 amide bonds. The van der Waals surface area contributed by atoms with Gasteiger partial charge in [-0.2, -0.15) is 5.10 Å². The summed E-state index contributed by atoms with van der Waals surface area (Å²) in [7, 11) is 0. The van der Waals surface area contributed by atoms with E-state index < -0.39 is 0 Å². The van der Waals surface area contributed by atoms with Gasteiger partial charge in [0.1, 0.15) is 6.29 Å². The van der Waals surface area contributed by atoms with Crippen LogP contribution in [0.2, 0.25) is 0 Å². The molecule has 0 spiro atoms. The molecule has 0 aliphatic carbocycles. The molecule has 1 aromatic heterocycles. The predicted molar refractivity (Wildman–Crippen MR) is 50.9 cm³/mol. The number of aryl methyl sites for hydroxylation is 1. The van der Waals surface area contributed by atoms with Gasteiger partial charge < -0.3 is 0 Å². The van der Waals surface area contributed by atoms with Crippen LogP contribution in [0.4, 0.5) is 0 Å². The molecule has 2 rings (SSSR count). The Bertz CT molecular complexity index is 445. The zero-order chi connectivity index (χ0) is 9.26. The summed E-state index contributed by atoms with van der Waals surface area (Å²) < 4.78 is 0. The minimum Gasteiger partial charge on any atom is -0.298 e. The van der Waals surface area contributed by atoms with Crippen molar-refractivity contribution < 1.29 is 4.79 Å². The third-order valence-electron chi connectivity index (χ3n) is 2.17. The molecule has 1 heterocycles. The first-order chi connectivity index (χ1) is 6.35. The number of aldehydes is 1. The summed E-state index contributed by atoms with van der Waals surface area (Å²) in [4.78, 5) is 10.6. The third-order valence-corrected chi connectivity index (χ3v) is 2.17. The lowest BCUT2D eigenvalue weighted by Crippen LogP contribution is -1.87. The second-order valence-corrected chi connectivity index (χ2v) is 2.99. The SMILES string of the molecule is CCc1cc(C=O)cc2cn[nH]c12. The Morgan fingerprint density at radius 3 is 3.08 bits per heavy atom. The van der Waals surface area contributed by atoms with Crippen molar-refractivity contribution in [1.82, 2.24) is 10.2 Å². The number of nitrogens with one attached hydrogen (secondary N) is 1. The number of fused-ring (bicyclic) bond motifs is 1. The fraction of sp³-hybridized carbons (Fsp3) is 0.200. The van der Waals surface area contributed by atoms with Gasteiger partial charge in [0, 0.05) is 10.9 Å². The van der Waals surface area contributed by atoms with E-state index in [1.165, 1.54) is 0 Å². The molecule has 0 radical (unpaired) electrons. The molecule has 0 saturated carbocycles. The molecule has 0 aliphatic rings. The quantitative estimate of drug-likeness (QED) is 0.707. The van der Waals surface area contributed by atoms with Crippen molar-refractivity contribution in [1.29, 1.82) is 0 Å². The van der Waals surface area contributed by atoms with Crippen molar-refractivity contribution in [3.05, 3.63) is 29.5 Å². The number of benzene rings is 1. The van der Waals surface area contributed by atoms with Crippen LogP contribution in [0.1, 0.15) is 22.8 Å². The van der Waals surface area contributed by atoms with E-state index in [4.69, 9.17) is 0 Å². The fourth-order valence-electron chi connectivity index (χ4n) is 1.50. The summed E-state index contributed by atoms with van der Waals surface area (Å²) in [6.45, 7) is 2.06. The summed E-state index contributed by atoms with van der Waals surface area (Å²) in [5.41, 5.74) is 2.89. The van der Waals surface area contributed by atoms with Crippen molar-refractivity contribution >= 4 is 17.2 Å². The number of rotatable bonds is 2. The van der Waals surface area contributed by atoms with Crippen molar-refractivity contribution in [3.8, 4) is 0 Å². The second-order valence-electron chi connectivity index (χ2n) is 2.99. The van der Waals surface area contributed by atoms with Crippen LogP contribution in [0.3, 0.4) is 0 Å². The van der Waals surface area contributed by atoms with E-state index in [2.05, 4.69) is 17.1 Å². The number of H-pyrrole nitrogens is 1. The van der Waals surface area contributed by atoms with E-state index in [-0.39, 0.29) is 0 Å². The standard InChI is InChI=1S/C10H10N2O/c1-2-8-3-7(6-13)4-9-5-11-12-10(8)9/h3-6H,2H2,1H3,(H,11,12). The highest BCUT2D eigenvalue weighted by atomic mass is 16.1. The minimum atomic E-state index is 0.714. The van der Waals surface area contributed by atoms with Gasteiger partial charge >= 0.3 is 0 Å². The highest BCUT2D eigenvalue weighted by Gasteiger charge is 2.03. The molecular formula is C10H10N2O. The van der Waals surface area contributed by atoms with Crippen LogP contribution < -0.4 is 0 Å². The van der Waals surface area contributed by atoms with E-state index in [9.17, 15) is 4.79 Å². The lowest BCUT2D eigenvalue weighted by atomic mass is 10.1. The lowest BCUT2D eigenvalue weighted by Gasteiger charge is -1.99. The van der Waals surface area contributed by atoms with E-state index >= 15 is 0 Å². The van der Waals surface area contributed by atoms with Gasteiger partial charge in [-0.15, -0.1) is 0 Å². The van der Waals surface area contributed by atoms with Crippen molar-refractivity contribution in [2.24, 2.45) is 0 Å². The molecule has 1 aromatic carbocycles. The molecule has 66 valence electrons. The maximum absolute atomic E-state index is 10.6. The van der Waals surface area contributed by atoms with Crippen LogP contribution in [0.5, 0.6) is 0 Å². The number of hydrogen-bond acceptors (Lipinski definition) is 2. The second kappa shape index (κ2) is 3.01. The van der Waals surface area contributed by atoms with E-state index in [1.807, 2.05) is 12.1 Å². The number of carbonyl (C=O) groups is 1. The smallest absolute Gasteiger partial charge is 0.150 e. The van der Waals surface area contributed by atoms with Gasteiger partial charge in [-0.3, -0.25) is 9.89 Å². The first kappa shape index (κ1) is 7.98. The summed E-state index contributed by atoms with van der Waals surface area (Å²) in [5, 5.41) is 7.87. The zero-order valence-corrected chi connectivity index (χ0v) is 7.37. The molecule has 0 atom stereocenters. The van der Waals surface area contributed by atoms with E-state index in [1.54, 1.807) is 6.20 Å². The molecular weight excluding hydrogens is 164 g/mol. The van der Waals surface area contributed by atoms with Gasteiger partial charge in [0.25, 0.3) is 0 Å². The number of aromatic amines is 1. The van der Waals surface area contributed by atoms with Crippen LogP contribution >= 0.6 is 0 Å². The van der Waals surface area contributed by atoms with Crippen LogP contribution in [0.25, 0.3) is 10.9 Å². The minimum absolute atomic E-state index is 0.714. The zero-order valence-electron chi connectivity index (χ0n) is 7.37. The van der Waals surface area contributed by atoms with Crippen molar-refractivity contribution in [3.63, 3.8) is 0 Å². The average Bonchev–Trinajstić information content (AvgIpc) is 2.63. The number of hydrogen-bond donors (Lipinski definition) is 1. The highest BCUT2D eigenvalue weighted by molar-refractivity contribution is 5.88. The Morgan fingerprint density at radius 2 is 2.38 bits per heavy atom. The molecule has 0 unspecified atom stereocenters. The van der Waals surface area contributed by atoms with Crippen molar-refractivity contribution in [2.75, 3.05) is 0 Å². The Hall–Kier alpha value is -1.64. The molecule has 0 fully saturated rings. The van der Waals surface area contributed by atoms with Crippen molar-refractivity contribution in [2.45, 2.75) is 13.3 Å². The van der Waals surface area contributed by atoms with Crippen LogP contribution in [-0.4, -0.2) is 16.5 Å². The van der Waals surface area contributed by atoms with Gasteiger partial charge in [0.15, 0.2) is 0 Å². The van der Waals surface area contributed by atoms with Crippen LogP contribution in [0.15, 0.2) is 18.3 Å². The largest absolute Gasteiger partial charge is 0.298 e. The van der Waals surface area contributed by atoms with Gasteiger partial charge in [-0.1, -0.05) is 6.92 Å². The van der Waals surface area contributed by atoms with Gasteiger partial charge in [0.2, 0.25) is 0 Å². The van der Waals surface area contributed by atoms with E-state index in [0.29, 0.717) is 5.56 Å². The molecule has 2 aromatic rings. The topological polar surface area (TPSA) is 45.8 Å². The maximum Gasteiger partial charge on any atom is 0.150 e. The first-order valence-corrected chi connectivity index (χ1v) is 4.26. The molecule has 3 heteroatoms. The van der Waals surface area contributed by atoms with Gasteiger partial charge in [0.05, 0.1) is 11.7 Å². The summed E-state index contributed by atoms with van der Waals surface area (Å²) in [6.07, 6.45) is 3.51. The summed E-state index contributed by atoms with van der Waals surface area (Å²) in [5.74, 6) is 0. The normalized spacial score (nSPS) is 10.5. The monoisotopic (exact) mass is 174 g/mol. The predicted octanol–water partition coefficient (Wildman–Crippen LogP) is 1.94. The molecule has 0 aliphatic heterocycles. The first-order valence-electron chi connectivity index (χ1n) is 4.26. The van der Waals surface area contributed by atoms with E-state index in [0.717, 1.165) is 29.2 Å². The maximum atomic E-state index is 10.6. The number of carbonyl (C=O) groups excluding carboxylic acids is 1. The number of nitrogens with zero attached hydrogens (tertiary/aromatic N) is 1. The lowest BCUT2D eigenvalue weighted by molar-refractivity contribution is 0.112. The Kier molecular flexibility index (Phi) is 1.85. The molecule has 3 nitrogen and oxygen atoms in total. The Balaban J connectivity index is 2.77. The summed E-state index contributed by atoms with van der Waals surface area (Å²) >= 11 is 0. The molecule has 13 heavy (non-hydrogen) atoms. The molecule has 0 saturated heterocycles. The highest BCUT2D eigenvalue weighted by Crippen LogP contribution is 2.18. The van der Waals surface area contributed by atoms with Crippen LogP contribution in [0, 0.1) is 0 Å². The Labute approximate surface area is 75.8 Å². The van der Waals surface area contributed by atoms with Gasteiger partial charge in [-0.05, 0) is 24.1 Å². The molecule has 0 bridgehead atoms. The van der Waals surface area contributed by atoms with Crippen LogP contribution in [-0.2, 0) is 6.42 Å². The number of aromatic nitrogens is 2. The fourth-order valence-corrected chi connectivity index (χ4v) is 1.50. The summed E-state index contributed by atoms with van der Waals surface area (Å²) in [6, 6.07) is 3.73. The average molecular weight is 174 g/mol. The Morgan fingerprint density at radius 1 is 1.54 bits per heavy atom. The third kappa shape index (κ3) is 1.22. The molecule has 1 N–H and O–H groups in total.